The number of nitrogens with zero attached hydrogens (tertiary/aromatic N) is 2. The SMILES string of the molecule is NC(=O)CC(c1cccc(Br)c1)c1oc(CN2C[C@H]3C[C@@H](C2)c2cccc(=O)n2C3)cc(=O)c1O. The van der Waals surface area contributed by atoms with E-state index in [1.807, 2.05) is 28.8 Å². The van der Waals surface area contributed by atoms with Gasteiger partial charge in [-0.3, -0.25) is 19.3 Å². The number of piperidine rings is 1. The van der Waals surface area contributed by atoms with Crippen molar-refractivity contribution in [1.29, 1.82) is 0 Å². The molecule has 3 N–H and O–H groups in total. The number of fused-ring (bicyclic) bond motifs is 4. The van der Waals surface area contributed by atoms with E-state index in [0.717, 1.165) is 29.7 Å². The predicted molar refractivity (Wildman–Crippen MR) is 133 cm³/mol. The molecule has 2 aliphatic rings. The fraction of sp³-hybridized carbons (Fsp3) is 0.346. The summed E-state index contributed by atoms with van der Waals surface area (Å²) in [7, 11) is 0. The molecule has 0 radical (unpaired) electrons. The van der Waals surface area contributed by atoms with Crippen molar-refractivity contribution in [2.24, 2.45) is 11.7 Å². The van der Waals surface area contributed by atoms with Crippen molar-refractivity contribution < 1.29 is 14.3 Å². The van der Waals surface area contributed by atoms with Gasteiger partial charge in [0.1, 0.15) is 5.76 Å². The van der Waals surface area contributed by atoms with Crippen LogP contribution in [0.1, 0.15) is 47.5 Å². The fourth-order valence-electron chi connectivity index (χ4n) is 5.50. The summed E-state index contributed by atoms with van der Waals surface area (Å²) < 4.78 is 8.76. The van der Waals surface area contributed by atoms with Gasteiger partial charge in [0, 0.05) is 54.3 Å². The summed E-state index contributed by atoms with van der Waals surface area (Å²) in [5.74, 6) is -0.768. The Morgan fingerprint density at radius 1 is 1.14 bits per heavy atom. The van der Waals surface area contributed by atoms with Gasteiger partial charge in [0.25, 0.3) is 5.56 Å². The van der Waals surface area contributed by atoms with E-state index in [4.69, 9.17) is 10.2 Å². The lowest BCUT2D eigenvalue weighted by Gasteiger charge is -2.42. The molecule has 1 aromatic carbocycles. The lowest BCUT2D eigenvalue weighted by atomic mass is 9.83. The Balaban J connectivity index is 1.45. The van der Waals surface area contributed by atoms with Crippen molar-refractivity contribution in [2.45, 2.75) is 37.8 Å². The Morgan fingerprint density at radius 3 is 2.71 bits per heavy atom. The monoisotopic (exact) mass is 539 g/mol. The number of benzene rings is 1. The van der Waals surface area contributed by atoms with Crippen LogP contribution in [0.25, 0.3) is 0 Å². The molecule has 1 saturated heterocycles. The molecule has 1 unspecified atom stereocenters. The van der Waals surface area contributed by atoms with Crippen molar-refractivity contribution >= 4 is 21.8 Å². The van der Waals surface area contributed by atoms with Gasteiger partial charge in [0.2, 0.25) is 17.1 Å². The highest BCUT2D eigenvalue weighted by atomic mass is 79.9. The van der Waals surface area contributed by atoms with Gasteiger partial charge in [-0.05, 0) is 36.1 Å². The molecular weight excluding hydrogens is 514 g/mol. The number of carbonyl (C=O) groups excluding carboxylic acids is 1. The van der Waals surface area contributed by atoms with Gasteiger partial charge in [0.15, 0.2) is 5.76 Å². The highest BCUT2D eigenvalue weighted by Gasteiger charge is 2.35. The molecule has 0 aliphatic carbocycles. The Bertz CT molecular complexity index is 1400. The maximum atomic E-state index is 12.7. The first-order valence-electron chi connectivity index (χ1n) is 11.6. The van der Waals surface area contributed by atoms with Crippen molar-refractivity contribution in [3.05, 3.63) is 96.4 Å². The first-order valence-corrected chi connectivity index (χ1v) is 12.4. The van der Waals surface area contributed by atoms with Gasteiger partial charge in [-0.15, -0.1) is 0 Å². The minimum absolute atomic E-state index is 0.0351. The molecule has 2 bridgehead atoms. The smallest absolute Gasteiger partial charge is 0.250 e. The van der Waals surface area contributed by atoms with Crippen molar-refractivity contribution in [3.63, 3.8) is 0 Å². The highest BCUT2D eigenvalue weighted by Crippen LogP contribution is 2.37. The number of aromatic hydroxyl groups is 1. The number of primary amides is 1. The average molecular weight is 540 g/mol. The second-order valence-electron chi connectivity index (χ2n) is 9.46. The maximum absolute atomic E-state index is 12.7. The molecule has 2 aromatic heterocycles. The number of hydrogen-bond acceptors (Lipinski definition) is 6. The molecule has 3 atom stereocenters. The third-order valence-electron chi connectivity index (χ3n) is 6.91. The van der Waals surface area contributed by atoms with Crippen LogP contribution in [0.4, 0.5) is 0 Å². The summed E-state index contributed by atoms with van der Waals surface area (Å²) in [6, 6.07) is 14.0. The van der Waals surface area contributed by atoms with Crippen LogP contribution in [0.5, 0.6) is 5.75 Å². The number of rotatable bonds is 6. The number of halogens is 1. The van der Waals surface area contributed by atoms with Crippen LogP contribution in [0, 0.1) is 5.92 Å². The Labute approximate surface area is 210 Å². The van der Waals surface area contributed by atoms with Crippen LogP contribution >= 0.6 is 15.9 Å². The molecule has 9 heteroatoms. The van der Waals surface area contributed by atoms with Gasteiger partial charge in [-0.25, -0.2) is 0 Å². The molecule has 182 valence electrons. The fourth-order valence-corrected chi connectivity index (χ4v) is 5.92. The van der Waals surface area contributed by atoms with Crippen LogP contribution in [-0.4, -0.2) is 33.6 Å². The summed E-state index contributed by atoms with van der Waals surface area (Å²) in [5, 5.41) is 10.6. The van der Waals surface area contributed by atoms with E-state index >= 15 is 0 Å². The number of hydrogen-bond donors (Lipinski definition) is 2. The van der Waals surface area contributed by atoms with Gasteiger partial charge in [0.05, 0.1) is 12.5 Å². The number of amides is 1. The van der Waals surface area contributed by atoms with E-state index in [0.29, 0.717) is 30.3 Å². The summed E-state index contributed by atoms with van der Waals surface area (Å²) in [6.45, 7) is 2.56. The predicted octanol–water partition coefficient (Wildman–Crippen LogP) is 2.90. The van der Waals surface area contributed by atoms with Gasteiger partial charge in [-0.2, -0.15) is 0 Å². The molecule has 1 fully saturated rings. The Hall–Kier alpha value is -3.17. The number of carbonyl (C=O) groups is 1. The zero-order valence-corrected chi connectivity index (χ0v) is 20.6. The average Bonchev–Trinajstić information content (AvgIpc) is 2.80. The van der Waals surface area contributed by atoms with E-state index in [2.05, 4.69) is 20.8 Å². The second-order valence-corrected chi connectivity index (χ2v) is 10.4. The minimum Gasteiger partial charge on any atom is -0.502 e. The summed E-state index contributed by atoms with van der Waals surface area (Å²) in [4.78, 5) is 39.1. The lowest BCUT2D eigenvalue weighted by molar-refractivity contribution is -0.118. The molecule has 5 rings (SSSR count). The third-order valence-corrected chi connectivity index (χ3v) is 7.40. The number of likely N-dealkylation sites (tertiary alicyclic amines) is 1. The molecule has 2 aliphatic heterocycles. The maximum Gasteiger partial charge on any atom is 0.250 e. The third kappa shape index (κ3) is 4.83. The zero-order valence-electron chi connectivity index (χ0n) is 19.0. The Morgan fingerprint density at radius 2 is 1.94 bits per heavy atom. The standard InChI is InChI=1S/C26H26BrN3O5/c27-18-4-1-3-16(8-18)20(10-23(28)32)26-25(34)22(31)9-19(35-26)14-29-11-15-7-17(13-29)21-5-2-6-24(33)30(21)12-15/h1-6,8-9,15,17,20,34H,7,10-14H2,(H2,28,32)/t15-,17+,20?/m1/s1. The molecule has 1 amide bonds. The molecule has 8 nitrogen and oxygen atoms in total. The van der Waals surface area contributed by atoms with Gasteiger partial charge in [-0.1, -0.05) is 34.1 Å². The quantitative estimate of drug-likeness (QED) is 0.497. The normalized spacial score (nSPS) is 20.3. The molecule has 4 heterocycles. The summed E-state index contributed by atoms with van der Waals surface area (Å²) >= 11 is 3.42. The van der Waals surface area contributed by atoms with Crippen LogP contribution in [0.15, 0.2) is 67.0 Å². The van der Waals surface area contributed by atoms with E-state index in [9.17, 15) is 19.5 Å². The van der Waals surface area contributed by atoms with Crippen LogP contribution in [-0.2, 0) is 17.9 Å². The number of nitrogens with two attached hydrogens (primary N) is 1. The van der Waals surface area contributed by atoms with Crippen molar-refractivity contribution in [1.82, 2.24) is 9.47 Å². The number of pyridine rings is 1. The molecular formula is C26H26BrN3O5. The number of aromatic nitrogens is 1. The lowest BCUT2D eigenvalue weighted by Crippen LogP contribution is -2.46. The minimum atomic E-state index is -0.697. The Kier molecular flexibility index (Phi) is 6.37. The van der Waals surface area contributed by atoms with E-state index in [1.54, 1.807) is 18.2 Å². The van der Waals surface area contributed by atoms with E-state index in [-0.39, 0.29) is 23.7 Å². The topological polar surface area (TPSA) is 119 Å². The molecule has 3 aromatic rings. The first kappa shape index (κ1) is 23.6. The zero-order chi connectivity index (χ0) is 24.7. The van der Waals surface area contributed by atoms with Crippen LogP contribution in [0.2, 0.25) is 0 Å². The largest absolute Gasteiger partial charge is 0.502 e. The molecule has 35 heavy (non-hydrogen) atoms. The van der Waals surface area contributed by atoms with Crippen LogP contribution < -0.4 is 16.7 Å². The molecule has 0 spiro atoms. The summed E-state index contributed by atoms with van der Waals surface area (Å²) in [5.41, 5.74) is 6.72. The summed E-state index contributed by atoms with van der Waals surface area (Å²) in [6.07, 6.45) is 0.907. The van der Waals surface area contributed by atoms with Crippen LogP contribution in [0.3, 0.4) is 0 Å². The molecule has 0 saturated carbocycles. The van der Waals surface area contributed by atoms with Crippen molar-refractivity contribution in [2.75, 3.05) is 13.1 Å². The van der Waals surface area contributed by atoms with E-state index in [1.165, 1.54) is 6.07 Å². The van der Waals surface area contributed by atoms with Gasteiger partial charge < -0.3 is 19.8 Å². The first-order chi connectivity index (χ1) is 16.8. The second kappa shape index (κ2) is 9.47. The highest BCUT2D eigenvalue weighted by molar-refractivity contribution is 9.10. The van der Waals surface area contributed by atoms with E-state index < -0.39 is 23.0 Å². The van der Waals surface area contributed by atoms with Gasteiger partial charge >= 0.3 is 0 Å². The van der Waals surface area contributed by atoms with Crippen molar-refractivity contribution in [3.8, 4) is 5.75 Å².